The van der Waals surface area contributed by atoms with Crippen LogP contribution in [0.2, 0.25) is 0 Å². The second-order valence-electron chi connectivity index (χ2n) is 2.37. The van der Waals surface area contributed by atoms with Gasteiger partial charge >= 0.3 is 0 Å². The molecule has 0 aliphatic carbocycles. The number of isocyanates is 2. The number of aliphatic imine (C=N–C) groups is 2. The molecule has 12 heavy (non-hydrogen) atoms. The zero-order chi connectivity index (χ0) is 9.56. The van der Waals surface area contributed by atoms with Crippen molar-refractivity contribution in [3.05, 3.63) is 0 Å². The summed E-state index contributed by atoms with van der Waals surface area (Å²) in [6.45, 7) is 3.42. The first-order valence-corrected chi connectivity index (χ1v) is 3.49. The molecule has 0 amide bonds. The molecule has 5 heteroatoms. The smallest absolute Gasteiger partial charge is 0.236 e. The van der Waals surface area contributed by atoms with Crippen LogP contribution < -0.4 is 0 Å². The molecule has 0 radical (unpaired) electrons. The van der Waals surface area contributed by atoms with Crippen LogP contribution in [0.4, 0.5) is 0 Å². The summed E-state index contributed by atoms with van der Waals surface area (Å²) in [5, 5.41) is 0. The fraction of sp³-hybridized carbons (Fsp3) is 0.714. The molecule has 0 bridgehead atoms. The first kappa shape index (κ1) is 10.7. The lowest BCUT2D eigenvalue weighted by atomic mass is 10.4. The average molecular weight is 169 g/mol. The zero-order valence-corrected chi connectivity index (χ0v) is 7.31. The van der Waals surface area contributed by atoms with Gasteiger partial charge in [-0.1, -0.05) is 0 Å². The molecule has 2 unspecified atom stereocenters. The molecule has 0 heterocycles. The molecule has 0 aromatic rings. The Hall–Kier alpha value is -1.28. The van der Waals surface area contributed by atoms with Crippen LogP contribution in [0.1, 0.15) is 13.8 Å². The summed E-state index contributed by atoms with van der Waals surface area (Å²) in [7, 11) is 1.71. The van der Waals surface area contributed by atoms with Gasteiger partial charge in [-0.05, 0) is 20.9 Å². The third kappa shape index (κ3) is 3.21. The fourth-order valence-electron chi connectivity index (χ4n) is 0.647. The maximum atomic E-state index is 9.87. The van der Waals surface area contributed by atoms with Crippen LogP contribution in [0.25, 0.3) is 0 Å². The summed E-state index contributed by atoms with van der Waals surface area (Å²) in [6, 6.07) is 0. The van der Waals surface area contributed by atoms with Crippen LogP contribution in [0.5, 0.6) is 0 Å². The predicted molar refractivity (Wildman–Crippen MR) is 42.9 cm³/mol. The normalized spacial score (nSPS) is 14.3. The van der Waals surface area contributed by atoms with Crippen LogP contribution in [-0.4, -0.2) is 36.4 Å². The minimum Gasteiger partial charge on any atom is -0.262 e. The van der Waals surface area contributed by atoms with E-state index in [4.69, 9.17) is 0 Å². The lowest BCUT2D eigenvalue weighted by Gasteiger charge is -2.22. The van der Waals surface area contributed by atoms with E-state index >= 15 is 0 Å². The molecule has 2 atom stereocenters. The van der Waals surface area contributed by atoms with Gasteiger partial charge in [-0.2, -0.15) is 9.98 Å². The Bertz CT molecular complexity index is 205. The average Bonchev–Trinajstić information content (AvgIpc) is 2.04. The van der Waals surface area contributed by atoms with Crippen molar-refractivity contribution in [2.24, 2.45) is 9.98 Å². The molecule has 0 fully saturated rings. The molecule has 0 aliphatic heterocycles. The summed E-state index contributed by atoms with van der Waals surface area (Å²) in [4.78, 5) is 28.3. The topological polar surface area (TPSA) is 62.1 Å². The maximum absolute atomic E-state index is 9.87. The van der Waals surface area contributed by atoms with Gasteiger partial charge in [0, 0.05) is 0 Å². The lowest BCUT2D eigenvalue weighted by molar-refractivity contribution is 0.207. The van der Waals surface area contributed by atoms with E-state index in [0.29, 0.717) is 0 Å². The molecule has 66 valence electrons. The van der Waals surface area contributed by atoms with E-state index < -0.39 is 0 Å². The molecule has 0 aromatic heterocycles. The molecule has 0 saturated heterocycles. The highest BCUT2D eigenvalue weighted by molar-refractivity contribution is 5.34. The molecule has 0 N–H and O–H groups in total. The van der Waals surface area contributed by atoms with Crippen molar-refractivity contribution in [3.8, 4) is 0 Å². The third-order valence-electron chi connectivity index (χ3n) is 1.66. The van der Waals surface area contributed by atoms with E-state index in [0.717, 1.165) is 0 Å². The van der Waals surface area contributed by atoms with E-state index in [9.17, 15) is 9.59 Å². The fourth-order valence-corrected chi connectivity index (χ4v) is 0.647. The van der Waals surface area contributed by atoms with Gasteiger partial charge in [0.25, 0.3) is 0 Å². The van der Waals surface area contributed by atoms with E-state index in [1.165, 1.54) is 12.2 Å². The Morgan fingerprint density at radius 2 is 1.42 bits per heavy atom. The molecule has 5 nitrogen and oxygen atoms in total. The van der Waals surface area contributed by atoms with Gasteiger partial charge in [-0.15, -0.1) is 0 Å². The van der Waals surface area contributed by atoms with Crippen molar-refractivity contribution >= 4 is 12.2 Å². The number of hydrogen-bond acceptors (Lipinski definition) is 5. The molecule has 0 spiro atoms. The van der Waals surface area contributed by atoms with Gasteiger partial charge in [0.05, 0.1) is 0 Å². The minimum absolute atomic E-state index is 0.324. The van der Waals surface area contributed by atoms with Crippen LogP contribution in [0, 0.1) is 0 Å². The monoisotopic (exact) mass is 169 g/mol. The highest BCUT2D eigenvalue weighted by Gasteiger charge is 2.13. The van der Waals surface area contributed by atoms with Gasteiger partial charge < -0.3 is 0 Å². The highest BCUT2D eigenvalue weighted by atomic mass is 16.1. The Morgan fingerprint density at radius 1 is 1.08 bits per heavy atom. The first-order valence-electron chi connectivity index (χ1n) is 3.49. The van der Waals surface area contributed by atoms with E-state index in [1.54, 1.807) is 25.8 Å². The van der Waals surface area contributed by atoms with E-state index in [-0.39, 0.29) is 12.3 Å². The van der Waals surface area contributed by atoms with Gasteiger partial charge in [-0.3, -0.25) is 4.90 Å². The van der Waals surface area contributed by atoms with Crippen molar-refractivity contribution in [2.75, 3.05) is 7.05 Å². The summed E-state index contributed by atoms with van der Waals surface area (Å²) >= 11 is 0. The Kier molecular flexibility index (Phi) is 4.81. The number of hydrogen-bond donors (Lipinski definition) is 0. The Labute approximate surface area is 70.8 Å². The highest BCUT2D eigenvalue weighted by Crippen LogP contribution is 2.02. The lowest BCUT2D eigenvalue weighted by Crippen LogP contribution is -2.34. The van der Waals surface area contributed by atoms with Crippen LogP contribution in [0.15, 0.2) is 9.98 Å². The van der Waals surface area contributed by atoms with Crippen molar-refractivity contribution in [1.82, 2.24) is 4.90 Å². The Balaban J connectivity index is 4.26. The van der Waals surface area contributed by atoms with Gasteiger partial charge in [-0.25, -0.2) is 9.59 Å². The summed E-state index contributed by atoms with van der Waals surface area (Å²) in [6.07, 6.45) is 2.23. The largest absolute Gasteiger partial charge is 0.262 e. The van der Waals surface area contributed by atoms with Crippen molar-refractivity contribution in [3.63, 3.8) is 0 Å². The van der Waals surface area contributed by atoms with E-state index in [1.807, 2.05) is 0 Å². The number of rotatable bonds is 4. The SMILES string of the molecule is CC(N=C=O)N(C)C(C)N=C=O. The van der Waals surface area contributed by atoms with Crippen molar-refractivity contribution in [2.45, 2.75) is 26.2 Å². The summed E-state index contributed by atoms with van der Waals surface area (Å²) < 4.78 is 0. The van der Waals surface area contributed by atoms with Gasteiger partial charge in [0.1, 0.15) is 12.3 Å². The molecular formula is C7H11N3O2. The predicted octanol–water partition coefficient (Wildman–Crippen LogP) is 0.282. The second-order valence-corrected chi connectivity index (χ2v) is 2.37. The van der Waals surface area contributed by atoms with Crippen LogP contribution >= 0.6 is 0 Å². The molecule has 0 rings (SSSR count). The molecule has 0 saturated carbocycles. The van der Waals surface area contributed by atoms with Crippen LogP contribution in [-0.2, 0) is 9.59 Å². The summed E-state index contributed by atoms with van der Waals surface area (Å²) in [5.41, 5.74) is 0. The second kappa shape index (κ2) is 5.38. The van der Waals surface area contributed by atoms with Crippen molar-refractivity contribution < 1.29 is 9.59 Å². The number of nitrogens with zero attached hydrogens (tertiary/aromatic N) is 3. The first-order chi connectivity index (χ1) is 5.63. The maximum Gasteiger partial charge on any atom is 0.236 e. The van der Waals surface area contributed by atoms with E-state index in [2.05, 4.69) is 9.98 Å². The molecule has 0 aromatic carbocycles. The summed E-state index contributed by atoms with van der Waals surface area (Å²) in [5.74, 6) is 0. The minimum atomic E-state index is -0.324. The number of carbonyl (C=O) groups excluding carboxylic acids is 2. The standard InChI is InChI=1S/C7H11N3O2/c1-6(8-4-11)10(3)7(2)9-5-12/h6-7H,1-3H3. The van der Waals surface area contributed by atoms with Crippen LogP contribution in [0.3, 0.4) is 0 Å². The Morgan fingerprint density at radius 3 is 1.67 bits per heavy atom. The van der Waals surface area contributed by atoms with Gasteiger partial charge in [0.2, 0.25) is 12.2 Å². The quantitative estimate of drug-likeness (QED) is 0.448. The molecular weight excluding hydrogens is 158 g/mol. The third-order valence-corrected chi connectivity index (χ3v) is 1.66. The van der Waals surface area contributed by atoms with Gasteiger partial charge in [0.15, 0.2) is 0 Å². The zero-order valence-electron chi connectivity index (χ0n) is 7.31. The van der Waals surface area contributed by atoms with Crippen molar-refractivity contribution in [1.29, 1.82) is 0 Å². The molecule has 0 aliphatic rings.